The number of piperazine rings is 1. The van der Waals surface area contributed by atoms with Crippen molar-refractivity contribution in [3.63, 3.8) is 0 Å². The number of ether oxygens (including phenoxy) is 1. The van der Waals surface area contributed by atoms with Crippen LogP contribution >= 0.6 is 11.6 Å². The minimum atomic E-state index is -0.369. The molecular weight excluding hydrogens is 390 g/mol. The van der Waals surface area contributed by atoms with Gasteiger partial charge in [0, 0.05) is 43.4 Å². The lowest BCUT2D eigenvalue weighted by Crippen LogP contribution is -2.53. The van der Waals surface area contributed by atoms with Gasteiger partial charge in [-0.05, 0) is 42.8 Å². The van der Waals surface area contributed by atoms with Gasteiger partial charge in [-0.15, -0.1) is 0 Å². The van der Waals surface area contributed by atoms with Crippen LogP contribution in [0.2, 0.25) is 5.02 Å². The molecule has 0 spiro atoms. The summed E-state index contributed by atoms with van der Waals surface area (Å²) in [6, 6.07) is 14.7. The molecule has 1 unspecified atom stereocenters. The van der Waals surface area contributed by atoms with E-state index < -0.39 is 0 Å². The molecule has 1 N–H and O–H groups in total. The highest BCUT2D eigenvalue weighted by Crippen LogP contribution is 2.21. The van der Waals surface area contributed by atoms with Gasteiger partial charge in [0.25, 0.3) is 0 Å². The number of benzene rings is 2. The number of rotatable bonds is 6. The van der Waals surface area contributed by atoms with Crippen LogP contribution in [0.4, 0.5) is 5.69 Å². The van der Waals surface area contributed by atoms with E-state index in [0.717, 1.165) is 42.5 Å². The highest BCUT2D eigenvalue weighted by Gasteiger charge is 2.25. The fourth-order valence-electron chi connectivity index (χ4n) is 3.42. The number of halogens is 1. The number of nitrogens with zero attached hydrogens (tertiary/aromatic N) is 2. The van der Waals surface area contributed by atoms with Crippen LogP contribution in [0.25, 0.3) is 0 Å². The van der Waals surface area contributed by atoms with E-state index in [0.29, 0.717) is 12.1 Å². The van der Waals surface area contributed by atoms with E-state index in [4.69, 9.17) is 16.3 Å². The number of carbonyl (C=O) groups excluding carboxylic acids is 2. The zero-order chi connectivity index (χ0) is 20.8. The van der Waals surface area contributed by atoms with Crippen molar-refractivity contribution >= 4 is 29.2 Å². The number of hydrogen-bond donors (Lipinski definition) is 1. The summed E-state index contributed by atoms with van der Waals surface area (Å²) in [7, 11) is 1.35. The SMILES string of the molecule is COC(=O)c1ccc(CNC(=O)C(C)N2CCN(c3cccc(Cl)c3)CC2)cc1. The first kappa shape index (κ1) is 21.1. The Morgan fingerprint density at radius 1 is 1.10 bits per heavy atom. The summed E-state index contributed by atoms with van der Waals surface area (Å²) in [6.45, 7) is 5.70. The molecule has 1 heterocycles. The average Bonchev–Trinajstić information content (AvgIpc) is 2.77. The number of hydrogen-bond acceptors (Lipinski definition) is 5. The van der Waals surface area contributed by atoms with E-state index in [2.05, 4.69) is 21.2 Å². The third-order valence-corrected chi connectivity index (χ3v) is 5.49. The smallest absolute Gasteiger partial charge is 0.337 e. The third-order valence-electron chi connectivity index (χ3n) is 5.26. The normalized spacial score (nSPS) is 15.6. The lowest BCUT2D eigenvalue weighted by atomic mass is 10.1. The van der Waals surface area contributed by atoms with Crippen molar-refractivity contribution in [3.8, 4) is 0 Å². The molecule has 1 amide bonds. The van der Waals surface area contributed by atoms with E-state index in [1.165, 1.54) is 7.11 Å². The molecule has 7 heteroatoms. The van der Waals surface area contributed by atoms with Gasteiger partial charge in [-0.3, -0.25) is 9.69 Å². The number of nitrogens with one attached hydrogen (secondary N) is 1. The molecule has 2 aromatic carbocycles. The first-order valence-corrected chi connectivity index (χ1v) is 10.1. The summed E-state index contributed by atoms with van der Waals surface area (Å²) in [4.78, 5) is 28.5. The molecule has 154 valence electrons. The molecule has 3 rings (SSSR count). The maximum Gasteiger partial charge on any atom is 0.337 e. The van der Waals surface area contributed by atoms with Crippen LogP contribution in [-0.4, -0.2) is 56.1 Å². The highest BCUT2D eigenvalue weighted by molar-refractivity contribution is 6.30. The van der Waals surface area contributed by atoms with Crippen LogP contribution in [0.15, 0.2) is 48.5 Å². The molecule has 6 nitrogen and oxygen atoms in total. The van der Waals surface area contributed by atoms with Gasteiger partial charge in [0.2, 0.25) is 5.91 Å². The lowest BCUT2D eigenvalue weighted by Gasteiger charge is -2.38. The summed E-state index contributed by atoms with van der Waals surface area (Å²) in [5.41, 5.74) is 2.54. The number of amides is 1. The van der Waals surface area contributed by atoms with E-state index in [-0.39, 0.29) is 17.9 Å². The van der Waals surface area contributed by atoms with Crippen LogP contribution < -0.4 is 10.2 Å². The van der Waals surface area contributed by atoms with E-state index in [1.54, 1.807) is 12.1 Å². The summed E-state index contributed by atoms with van der Waals surface area (Å²) in [5.74, 6) is -0.371. The second-order valence-corrected chi connectivity index (χ2v) is 7.52. The molecule has 0 bridgehead atoms. The Kier molecular flexibility index (Phi) is 7.12. The Hall–Kier alpha value is -2.57. The zero-order valence-electron chi connectivity index (χ0n) is 16.7. The van der Waals surface area contributed by atoms with Crippen molar-refractivity contribution in [2.24, 2.45) is 0 Å². The topological polar surface area (TPSA) is 61.9 Å². The van der Waals surface area contributed by atoms with Crippen LogP contribution in [-0.2, 0) is 16.1 Å². The van der Waals surface area contributed by atoms with E-state index in [9.17, 15) is 9.59 Å². The molecule has 0 saturated carbocycles. The maximum absolute atomic E-state index is 12.6. The fourth-order valence-corrected chi connectivity index (χ4v) is 3.60. The molecule has 0 aromatic heterocycles. The first-order valence-electron chi connectivity index (χ1n) is 9.67. The summed E-state index contributed by atoms with van der Waals surface area (Å²) >= 11 is 6.09. The highest BCUT2D eigenvalue weighted by atomic mass is 35.5. The van der Waals surface area contributed by atoms with Crippen LogP contribution in [0.3, 0.4) is 0 Å². The molecule has 0 aliphatic carbocycles. The molecular formula is C22H26ClN3O3. The lowest BCUT2D eigenvalue weighted by molar-refractivity contribution is -0.126. The number of methoxy groups -OCH3 is 1. The first-order chi connectivity index (χ1) is 14.0. The standard InChI is InChI=1S/C22H26ClN3O3/c1-16(21(27)24-15-17-6-8-18(9-7-17)22(28)29-2)25-10-12-26(13-11-25)20-5-3-4-19(23)14-20/h3-9,14,16H,10-13,15H2,1-2H3,(H,24,27). The number of carbonyl (C=O) groups is 2. The zero-order valence-corrected chi connectivity index (χ0v) is 17.5. The minimum absolute atomic E-state index is 0.00162. The summed E-state index contributed by atoms with van der Waals surface area (Å²) in [5, 5.41) is 3.71. The van der Waals surface area contributed by atoms with Crippen LogP contribution in [0.5, 0.6) is 0 Å². The van der Waals surface area contributed by atoms with Crippen LogP contribution in [0, 0.1) is 0 Å². The second-order valence-electron chi connectivity index (χ2n) is 7.09. The van der Waals surface area contributed by atoms with E-state index >= 15 is 0 Å². The molecule has 1 aliphatic rings. The van der Waals surface area contributed by atoms with Gasteiger partial charge in [0.1, 0.15) is 0 Å². The van der Waals surface area contributed by atoms with Crippen molar-refractivity contribution in [2.75, 3.05) is 38.2 Å². The Morgan fingerprint density at radius 3 is 2.41 bits per heavy atom. The molecule has 1 aliphatic heterocycles. The van der Waals surface area contributed by atoms with Gasteiger partial charge in [0.05, 0.1) is 18.7 Å². The molecule has 0 radical (unpaired) electrons. The summed E-state index contributed by atoms with van der Waals surface area (Å²) < 4.78 is 4.69. The van der Waals surface area contributed by atoms with Crippen molar-refractivity contribution in [3.05, 3.63) is 64.7 Å². The third kappa shape index (κ3) is 5.49. The largest absolute Gasteiger partial charge is 0.465 e. The van der Waals surface area contributed by atoms with Gasteiger partial charge in [0.15, 0.2) is 0 Å². The predicted octanol–water partition coefficient (Wildman–Crippen LogP) is 2.95. The van der Waals surface area contributed by atoms with E-state index in [1.807, 2.05) is 37.3 Å². The van der Waals surface area contributed by atoms with Crippen molar-refractivity contribution < 1.29 is 14.3 Å². The Labute approximate surface area is 176 Å². The van der Waals surface area contributed by atoms with Gasteiger partial charge in [-0.2, -0.15) is 0 Å². The average molecular weight is 416 g/mol. The monoisotopic (exact) mass is 415 g/mol. The van der Waals surface area contributed by atoms with Crippen molar-refractivity contribution in [1.29, 1.82) is 0 Å². The molecule has 1 fully saturated rings. The minimum Gasteiger partial charge on any atom is -0.465 e. The van der Waals surface area contributed by atoms with Crippen molar-refractivity contribution in [2.45, 2.75) is 19.5 Å². The Morgan fingerprint density at radius 2 is 1.79 bits per heavy atom. The fraction of sp³-hybridized carbons (Fsp3) is 0.364. The summed E-state index contributed by atoms with van der Waals surface area (Å²) in [6.07, 6.45) is 0. The number of esters is 1. The molecule has 2 aromatic rings. The maximum atomic E-state index is 12.6. The molecule has 1 atom stereocenters. The van der Waals surface area contributed by atoms with Gasteiger partial charge >= 0.3 is 5.97 Å². The molecule has 29 heavy (non-hydrogen) atoms. The predicted molar refractivity (Wildman–Crippen MR) is 114 cm³/mol. The van der Waals surface area contributed by atoms with Gasteiger partial charge in [-0.1, -0.05) is 29.8 Å². The number of anilines is 1. The van der Waals surface area contributed by atoms with Gasteiger partial charge in [-0.25, -0.2) is 4.79 Å². The van der Waals surface area contributed by atoms with Gasteiger partial charge < -0.3 is 15.0 Å². The van der Waals surface area contributed by atoms with Crippen molar-refractivity contribution in [1.82, 2.24) is 10.2 Å². The Bertz CT molecular complexity index is 849. The van der Waals surface area contributed by atoms with Crippen LogP contribution in [0.1, 0.15) is 22.8 Å². The quantitative estimate of drug-likeness (QED) is 0.735. The molecule has 1 saturated heterocycles. The second kappa shape index (κ2) is 9.76. The Balaban J connectivity index is 1.47.